The van der Waals surface area contributed by atoms with Crippen molar-refractivity contribution in [2.24, 2.45) is 0 Å². The second-order valence-corrected chi connectivity index (χ2v) is 7.46. The SMILES string of the molecule is Cc1cc(-c2cc(Cl)cc(Cl)c2)n(Cc2ccc(C(=O)NCCC(=O)O)cc2)n1. The quantitative estimate of drug-likeness (QED) is 0.579. The molecule has 8 heteroatoms. The van der Waals surface area contributed by atoms with Crippen LogP contribution < -0.4 is 5.32 Å². The van der Waals surface area contributed by atoms with Crippen LogP contribution in [-0.2, 0) is 11.3 Å². The molecule has 0 aliphatic rings. The Bertz CT molecular complexity index is 1030. The Kier molecular flexibility index (Phi) is 6.56. The Morgan fingerprint density at radius 3 is 2.34 bits per heavy atom. The summed E-state index contributed by atoms with van der Waals surface area (Å²) in [7, 11) is 0. The maximum Gasteiger partial charge on any atom is 0.305 e. The summed E-state index contributed by atoms with van der Waals surface area (Å²) < 4.78 is 1.86. The van der Waals surface area contributed by atoms with Crippen molar-refractivity contribution in [3.63, 3.8) is 0 Å². The van der Waals surface area contributed by atoms with Crippen LogP contribution in [0.4, 0.5) is 0 Å². The number of carbonyl (C=O) groups is 2. The fraction of sp³-hybridized carbons (Fsp3) is 0.190. The number of benzene rings is 2. The van der Waals surface area contributed by atoms with Crippen LogP contribution in [0, 0.1) is 6.92 Å². The summed E-state index contributed by atoms with van der Waals surface area (Å²) in [6.45, 7) is 2.51. The Morgan fingerprint density at radius 2 is 1.72 bits per heavy atom. The van der Waals surface area contributed by atoms with Gasteiger partial charge in [0.25, 0.3) is 5.91 Å². The number of aromatic nitrogens is 2. The molecule has 3 rings (SSSR count). The highest BCUT2D eigenvalue weighted by Crippen LogP contribution is 2.28. The number of halogens is 2. The maximum absolute atomic E-state index is 12.1. The molecule has 1 amide bonds. The molecule has 0 saturated heterocycles. The highest BCUT2D eigenvalue weighted by molar-refractivity contribution is 6.35. The van der Waals surface area contributed by atoms with E-state index in [1.54, 1.807) is 18.2 Å². The third kappa shape index (κ3) is 5.59. The normalized spacial score (nSPS) is 10.7. The zero-order chi connectivity index (χ0) is 21.0. The Hall–Kier alpha value is -2.83. The summed E-state index contributed by atoms with van der Waals surface area (Å²) in [4.78, 5) is 22.6. The summed E-state index contributed by atoms with van der Waals surface area (Å²) in [6, 6.07) is 14.4. The number of hydrogen-bond acceptors (Lipinski definition) is 3. The minimum absolute atomic E-state index is 0.0913. The van der Waals surface area contributed by atoms with Crippen LogP contribution >= 0.6 is 23.2 Å². The average Bonchev–Trinajstić information content (AvgIpc) is 3.01. The van der Waals surface area contributed by atoms with E-state index in [2.05, 4.69) is 10.4 Å². The molecule has 29 heavy (non-hydrogen) atoms. The fourth-order valence-corrected chi connectivity index (χ4v) is 3.45. The van der Waals surface area contributed by atoms with Crippen LogP contribution in [0.15, 0.2) is 48.5 Å². The predicted molar refractivity (Wildman–Crippen MR) is 113 cm³/mol. The molecule has 0 fully saturated rings. The van der Waals surface area contributed by atoms with Gasteiger partial charge in [-0.05, 0) is 48.9 Å². The van der Waals surface area contributed by atoms with Gasteiger partial charge in [-0.15, -0.1) is 0 Å². The molecule has 0 saturated carbocycles. The zero-order valence-corrected chi connectivity index (χ0v) is 17.2. The minimum atomic E-state index is -0.952. The third-order valence-corrected chi connectivity index (χ3v) is 4.67. The third-order valence-electron chi connectivity index (χ3n) is 4.23. The summed E-state index contributed by atoms with van der Waals surface area (Å²) in [6.07, 6.45) is -0.112. The van der Waals surface area contributed by atoms with E-state index in [9.17, 15) is 9.59 Å². The second kappa shape index (κ2) is 9.11. The molecule has 0 radical (unpaired) electrons. The molecule has 0 unspecified atom stereocenters. The summed E-state index contributed by atoms with van der Waals surface area (Å²) in [5.74, 6) is -1.26. The first kappa shape index (κ1) is 20.9. The molecule has 6 nitrogen and oxygen atoms in total. The molecule has 1 heterocycles. The highest BCUT2D eigenvalue weighted by atomic mass is 35.5. The number of amides is 1. The first-order chi connectivity index (χ1) is 13.8. The van der Waals surface area contributed by atoms with Gasteiger partial charge >= 0.3 is 5.97 Å². The van der Waals surface area contributed by atoms with E-state index < -0.39 is 5.97 Å². The van der Waals surface area contributed by atoms with Crippen molar-refractivity contribution in [3.8, 4) is 11.3 Å². The average molecular weight is 432 g/mol. The molecule has 1 aromatic heterocycles. The topological polar surface area (TPSA) is 84.2 Å². The van der Waals surface area contributed by atoms with E-state index in [0.717, 1.165) is 22.5 Å². The van der Waals surface area contributed by atoms with Gasteiger partial charge in [0.05, 0.1) is 24.4 Å². The molecule has 0 bridgehead atoms. The summed E-state index contributed by atoms with van der Waals surface area (Å²) in [5.41, 5.74) is 4.06. The van der Waals surface area contributed by atoms with Gasteiger partial charge < -0.3 is 10.4 Å². The van der Waals surface area contributed by atoms with Gasteiger partial charge in [0, 0.05) is 27.7 Å². The first-order valence-electron chi connectivity index (χ1n) is 8.91. The van der Waals surface area contributed by atoms with Crippen LogP contribution in [-0.4, -0.2) is 33.3 Å². The largest absolute Gasteiger partial charge is 0.481 e. The molecule has 150 valence electrons. The standard InChI is InChI=1S/C21H19Cl2N3O3/c1-13-8-19(16-9-17(22)11-18(23)10-16)26(25-13)12-14-2-4-15(5-3-14)21(29)24-7-6-20(27)28/h2-5,8-11H,6-7,12H2,1H3,(H,24,29)(H,27,28). The van der Waals surface area contributed by atoms with E-state index in [-0.39, 0.29) is 18.9 Å². The number of carbonyl (C=O) groups excluding carboxylic acids is 1. The van der Waals surface area contributed by atoms with Crippen molar-refractivity contribution in [1.29, 1.82) is 0 Å². The van der Waals surface area contributed by atoms with Crippen LogP contribution in [0.2, 0.25) is 10.0 Å². The lowest BCUT2D eigenvalue weighted by atomic mass is 10.1. The molecule has 2 N–H and O–H groups in total. The van der Waals surface area contributed by atoms with E-state index in [4.69, 9.17) is 28.3 Å². The lowest BCUT2D eigenvalue weighted by molar-refractivity contribution is -0.136. The second-order valence-electron chi connectivity index (χ2n) is 6.58. The summed E-state index contributed by atoms with van der Waals surface area (Å²) in [5, 5.41) is 16.9. The Labute approximate surface area is 178 Å². The fourth-order valence-electron chi connectivity index (χ4n) is 2.92. The highest BCUT2D eigenvalue weighted by Gasteiger charge is 2.11. The molecule has 0 aliphatic carbocycles. The maximum atomic E-state index is 12.1. The Morgan fingerprint density at radius 1 is 1.07 bits per heavy atom. The number of aliphatic carboxylic acids is 1. The van der Waals surface area contributed by atoms with Gasteiger partial charge in [0.15, 0.2) is 0 Å². The smallest absolute Gasteiger partial charge is 0.305 e. The Balaban J connectivity index is 1.75. The molecular weight excluding hydrogens is 413 g/mol. The van der Waals surface area contributed by atoms with Crippen LogP contribution in [0.25, 0.3) is 11.3 Å². The number of nitrogens with one attached hydrogen (secondary N) is 1. The molecule has 0 spiro atoms. The number of rotatable bonds is 7. The summed E-state index contributed by atoms with van der Waals surface area (Å²) >= 11 is 12.3. The van der Waals surface area contributed by atoms with Gasteiger partial charge in [-0.3, -0.25) is 14.3 Å². The van der Waals surface area contributed by atoms with Gasteiger partial charge in [-0.25, -0.2) is 0 Å². The van der Waals surface area contributed by atoms with Crippen LogP contribution in [0.1, 0.15) is 28.0 Å². The van der Waals surface area contributed by atoms with Crippen molar-refractivity contribution >= 4 is 35.1 Å². The lowest BCUT2D eigenvalue weighted by Gasteiger charge is -2.10. The first-order valence-corrected chi connectivity index (χ1v) is 9.67. The molecule has 3 aromatic rings. The van der Waals surface area contributed by atoms with Gasteiger partial charge in [0.2, 0.25) is 0 Å². The van der Waals surface area contributed by atoms with Crippen molar-refractivity contribution < 1.29 is 14.7 Å². The number of aryl methyl sites for hydroxylation is 1. The minimum Gasteiger partial charge on any atom is -0.481 e. The van der Waals surface area contributed by atoms with Crippen molar-refractivity contribution in [2.45, 2.75) is 19.9 Å². The molecular formula is C21H19Cl2N3O3. The van der Waals surface area contributed by atoms with Gasteiger partial charge in [0.1, 0.15) is 0 Å². The van der Waals surface area contributed by atoms with Gasteiger partial charge in [-0.1, -0.05) is 35.3 Å². The molecule has 0 atom stereocenters. The number of hydrogen-bond donors (Lipinski definition) is 2. The van der Waals surface area contributed by atoms with E-state index in [1.807, 2.05) is 41.9 Å². The number of carboxylic acid groups (broad SMARTS) is 1. The molecule has 0 aliphatic heterocycles. The van der Waals surface area contributed by atoms with Crippen LogP contribution in [0.5, 0.6) is 0 Å². The lowest BCUT2D eigenvalue weighted by Crippen LogP contribution is -2.25. The molecule has 2 aromatic carbocycles. The van der Waals surface area contributed by atoms with E-state index in [0.29, 0.717) is 22.2 Å². The van der Waals surface area contributed by atoms with Crippen molar-refractivity contribution in [3.05, 3.63) is 75.4 Å². The van der Waals surface area contributed by atoms with E-state index in [1.165, 1.54) is 0 Å². The number of carboxylic acids is 1. The monoisotopic (exact) mass is 431 g/mol. The van der Waals surface area contributed by atoms with Crippen molar-refractivity contribution in [1.82, 2.24) is 15.1 Å². The zero-order valence-electron chi connectivity index (χ0n) is 15.7. The van der Waals surface area contributed by atoms with Crippen molar-refractivity contribution in [2.75, 3.05) is 6.54 Å². The predicted octanol–water partition coefficient (Wildman–Crippen LogP) is 4.42. The van der Waals surface area contributed by atoms with E-state index >= 15 is 0 Å². The van der Waals surface area contributed by atoms with Crippen LogP contribution in [0.3, 0.4) is 0 Å². The van der Waals surface area contributed by atoms with Gasteiger partial charge in [-0.2, -0.15) is 5.10 Å². The number of nitrogens with zero attached hydrogens (tertiary/aromatic N) is 2.